The molecular formula is C18H24N4O. The second kappa shape index (κ2) is 6.32. The largest absolute Gasteiger partial charge is 0.337 e. The fourth-order valence-corrected chi connectivity index (χ4v) is 3.80. The molecule has 0 unspecified atom stereocenters. The van der Waals surface area contributed by atoms with Gasteiger partial charge in [0.2, 0.25) is 5.89 Å². The predicted octanol–water partition coefficient (Wildman–Crippen LogP) is 2.31. The molecule has 1 aromatic carbocycles. The average molecular weight is 312 g/mol. The summed E-state index contributed by atoms with van der Waals surface area (Å²) in [6.45, 7) is 6.18. The lowest BCUT2D eigenvalue weighted by Gasteiger charge is -2.40. The zero-order chi connectivity index (χ0) is 15.6. The van der Waals surface area contributed by atoms with Crippen molar-refractivity contribution >= 4 is 5.95 Å². The Balaban J connectivity index is 1.37. The summed E-state index contributed by atoms with van der Waals surface area (Å²) < 4.78 is 5.23. The van der Waals surface area contributed by atoms with Gasteiger partial charge in [0.25, 0.3) is 5.95 Å². The lowest BCUT2D eigenvalue weighted by Crippen LogP contribution is -2.52. The Kier molecular flexibility index (Phi) is 4.04. The first-order valence-corrected chi connectivity index (χ1v) is 8.72. The van der Waals surface area contributed by atoms with Crippen molar-refractivity contribution in [3.8, 4) is 0 Å². The lowest BCUT2D eigenvalue weighted by molar-refractivity contribution is 0.169. The summed E-state index contributed by atoms with van der Waals surface area (Å²) in [6, 6.07) is 9.59. The highest BCUT2D eigenvalue weighted by Crippen LogP contribution is 2.25. The van der Waals surface area contributed by atoms with Crippen LogP contribution in [0.1, 0.15) is 30.4 Å². The molecule has 5 heteroatoms. The predicted molar refractivity (Wildman–Crippen MR) is 89.7 cm³/mol. The molecule has 23 heavy (non-hydrogen) atoms. The van der Waals surface area contributed by atoms with Crippen LogP contribution in [0.2, 0.25) is 0 Å². The van der Waals surface area contributed by atoms with Gasteiger partial charge < -0.3 is 9.42 Å². The minimum atomic E-state index is 0.684. The molecular weight excluding hydrogens is 288 g/mol. The van der Waals surface area contributed by atoms with E-state index in [1.54, 1.807) is 5.56 Å². The van der Waals surface area contributed by atoms with Crippen molar-refractivity contribution in [3.63, 3.8) is 0 Å². The Hall–Kier alpha value is -1.88. The lowest BCUT2D eigenvalue weighted by atomic mass is 9.87. The summed E-state index contributed by atoms with van der Waals surface area (Å²) in [5, 5.41) is 4.10. The molecule has 1 atom stereocenters. The average Bonchev–Trinajstić information content (AvgIpc) is 3.11. The number of aryl methyl sites for hydroxylation is 2. The van der Waals surface area contributed by atoms with Gasteiger partial charge in [-0.3, -0.25) is 4.90 Å². The van der Waals surface area contributed by atoms with E-state index in [4.69, 9.17) is 4.52 Å². The number of anilines is 1. The quantitative estimate of drug-likeness (QED) is 0.870. The maximum atomic E-state index is 5.23. The first kappa shape index (κ1) is 14.7. The molecule has 1 aromatic heterocycles. The molecule has 2 heterocycles. The number of rotatable bonds is 3. The minimum absolute atomic E-state index is 0.684. The van der Waals surface area contributed by atoms with Crippen LogP contribution in [0.5, 0.6) is 0 Å². The maximum absolute atomic E-state index is 5.23. The monoisotopic (exact) mass is 312 g/mol. The van der Waals surface area contributed by atoms with Crippen LogP contribution in [-0.2, 0) is 19.3 Å². The van der Waals surface area contributed by atoms with E-state index in [0.29, 0.717) is 6.04 Å². The summed E-state index contributed by atoms with van der Waals surface area (Å²) in [6.07, 6.45) is 4.48. The highest BCUT2D eigenvalue weighted by atomic mass is 16.5. The van der Waals surface area contributed by atoms with E-state index in [1.807, 2.05) is 6.92 Å². The Morgan fingerprint density at radius 3 is 2.65 bits per heavy atom. The number of benzene rings is 1. The van der Waals surface area contributed by atoms with Crippen LogP contribution in [0.3, 0.4) is 0 Å². The van der Waals surface area contributed by atoms with E-state index >= 15 is 0 Å². The van der Waals surface area contributed by atoms with Gasteiger partial charge >= 0.3 is 0 Å². The summed E-state index contributed by atoms with van der Waals surface area (Å²) in [5.41, 5.74) is 3.08. The SMILES string of the molecule is CCc1nc(N2CCN([C@H]3CCc4ccccc4C3)CC2)no1. The second-order valence-corrected chi connectivity index (χ2v) is 6.53. The zero-order valence-electron chi connectivity index (χ0n) is 13.7. The van der Waals surface area contributed by atoms with Crippen LogP contribution in [0.4, 0.5) is 5.95 Å². The smallest absolute Gasteiger partial charge is 0.266 e. The molecule has 1 saturated heterocycles. The van der Waals surface area contributed by atoms with Gasteiger partial charge in [-0.25, -0.2) is 0 Å². The third kappa shape index (κ3) is 2.98. The number of fused-ring (bicyclic) bond motifs is 1. The van der Waals surface area contributed by atoms with E-state index in [1.165, 1.54) is 24.8 Å². The third-order valence-corrected chi connectivity index (χ3v) is 5.19. The van der Waals surface area contributed by atoms with E-state index < -0.39 is 0 Å². The van der Waals surface area contributed by atoms with Crippen LogP contribution in [0, 0.1) is 0 Å². The molecule has 122 valence electrons. The highest BCUT2D eigenvalue weighted by Gasteiger charge is 2.28. The summed E-state index contributed by atoms with van der Waals surface area (Å²) >= 11 is 0. The molecule has 0 radical (unpaired) electrons. The second-order valence-electron chi connectivity index (χ2n) is 6.53. The number of aromatic nitrogens is 2. The van der Waals surface area contributed by atoms with Crippen LogP contribution in [0.15, 0.2) is 28.8 Å². The Bertz CT molecular complexity index is 661. The molecule has 5 nitrogen and oxygen atoms in total. The van der Waals surface area contributed by atoms with E-state index in [9.17, 15) is 0 Å². The molecule has 1 fully saturated rings. The van der Waals surface area contributed by atoms with Gasteiger partial charge in [0.05, 0.1) is 0 Å². The van der Waals surface area contributed by atoms with Gasteiger partial charge in [0.1, 0.15) is 0 Å². The summed E-state index contributed by atoms with van der Waals surface area (Å²) in [7, 11) is 0. The molecule has 0 bridgehead atoms. The van der Waals surface area contributed by atoms with Crippen molar-refractivity contribution in [2.75, 3.05) is 31.1 Å². The molecule has 0 N–H and O–H groups in total. The molecule has 2 aromatic rings. The topological polar surface area (TPSA) is 45.4 Å². The third-order valence-electron chi connectivity index (χ3n) is 5.19. The number of hydrogen-bond acceptors (Lipinski definition) is 5. The first-order chi connectivity index (χ1) is 11.3. The standard InChI is InChI=1S/C18H24N4O/c1-2-17-19-18(20-23-17)22-11-9-21(10-12-22)16-8-7-14-5-3-4-6-15(14)13-16/h3-6,16H,2,7-13H2,1H3/t16-/m0/s1. The highest BCUT2D eigenvalue weighted by molar-refractivity contribution is 5.31. The molecule has 2 aliphatic rings. The summed E-state index contributed by atoms with van der Waals surface area (Å²) in [4.78, 5) is 9.34. The van der Waals surface area contributed by atoms with Gasteiger partial charge in [-0.15, -0.1) is 0 Å². The van der Waals surface area contributed by atoms with Crippen LogP contribution < -0.4 is 4.90 Å². The maximum Gasteiger partial charge on any atom is 0.266 e. The van der Waals surface area contributed by atoms with Gasteiger partial charge in [-0.2, -0.15) is 4.98 Å². The van der Waals surface area contributed by atoms with E-state index in [0.717, 1.165) is 44.4 Å². The Morgan fingerprint density at radius 2 is 1.91 bits per heavy atom. The first-order valence-electron chi connectivity index (χ1n) is 8.72. The number of piperazine rings is 1. The fourth-order valence-electron chi connectivity index (χ4n) is 3.80. The molecule has 0 saturated carbocycles. The Morgan fingerprint density at radius 1 is 1.13 bits per heavy atom. The van der Waals surface area contributed by atoms with E-state index in [2.05, 4.69) is 44.2 Å². The minimum Gasteiger partial charge on any atom is -0.337 e. The number of hydrogen-bond donors (Lipinski definition) is 0. The van der Waals surface area contributed by atoms with E-state index in [-0.39, 0.29) is 0 Å². The van der Waals surface area contributed by atoms with Gasteiger partial charge in [0.15, 0.2) is 0 Å². The van der Waals surface area contributed by atoms with Crippen molar-refractivity contribution < 1.29 is 4.52 Å². The van der Waals surface area contributed by atoms with Crippen molar-refractivity contribution in [1.29, 1.82) is 0 Å². The molecule has 0 spiro atoms. The molecule has 1 aliphatic carbocycles. The van der Waals surface area contributed by atoms with Crippen molar-refractivity contribution in [2.45, 2.75) is 38.6 Å². The molecule has 4 rings (SSSR count). The summed E-state index contributed by atoms with van der Waals surface area (Å²) in [5.74, 6) is 1.49. The number of nitrogens with zero attached hydrogens (tertiary/aromatic N) is 4. The van der Waals surface area contributed by atoms with Crippen molar-refractivity contribution in [2.24, 2.45) is 0 Å². The van der Waals surface area contributed by atoms with Gasteiger partial charge in [-0.05, 0) is 35.5 Å². The normalized spacial score (nSPS) is 22.1. The van der Waals surface area contributed by atoms with Gasteiger partial charge in [-0.1, -0.05) is 31.2 Å². The van der Waals surface area contributed by atoms with Crippen LogP contribution in [0.25, 0.3) is 0 Å². The molecule has 0 amide bonds. The van der Waals surface area contributed by atoms with Crippen molar-refractivity contribution in [3.05, 3.63) is 41.3 Å². The zero-order valence-corrected chi connectivity index (χ0v) is 13.7. The van der Waals surface area contributed by atoms with Crippen LogP contribution >= 0.6 is 0 Å². The molecule has 1 aliphatic heterocycles. The van der Waals surface area contributed by atoms with Gasteiger partial charge in [0, 0.05) is 38.6 Å². The fraction of sp³-hybridized carbons (Fsp3) is 0.556. The van der Waals surface area contributed by atoms with Crippen LogP contribution in [-0.4, -0.2) is 47.3 Å². The Labute approximate surface area is 137 Å². The van der Waals surface area contributed by atoms with Crippen molar-refractivity contribution in [1.82, 2.24) is 15.0 Å².